The standard InChI is InChI=1S/C27H30N4O5/c1-4-36-26(34)20-10-12-21(13-11-20)28-24(32)19-14-16-30(17-15-19)23-18(2)31(22-8-6-5-7-9-22)27(35)29(3)25(23)33/h5-13,19H,4,14-17H2,1-3H3,(H,28,32). The Kier molecular flexibility index (Phi) is 7.38. The lowest BCUT2D eigenvalue weighted by atomic mass is 9.95. The third-order valence-corrected chi connectivity index (χ3v) is 6.52. The summed E-state index contributed by atoms with van der Waals surface area (Å²) in [6.07, 6.45) is 1.14. The summed E-state index contributed by atoms with van der Waals surface area (Å²) in [7, 11) is 1.49. The number of benzene rings is 2. The highest BCUT2D eigenvalue weighted by atomic mass is 16.5. The van der Waals surface area contributed by atoms with E-state index in [9.17, 15) is 19.2 Å². The zero-order valence-corrected chi connectivity index (χ0v) is 20.7. The molecule has 0 unspecified atom stereocenters. The molecule has 1 aromatic heterocycles. The van der Waals surface area contributed by atoms with Gasteiger partial charge in [0.05, 0.1) is 23.6 Å². The number of ether oxygens (including phenoxy) is 1. The molecule has 0 bridgehead atoms. The summed E-state index contributed by atoms with van der Waals surface area (Å²) in [5, 5.41) is 2.91. The van der Waals surface area contributed by atoms with Gasteiger partial charge in [-0.1, -0.05) is 18.2 Å². The molecule has 1 saturated heterocycles. The molecule has 1 aliphatic rings. The van der Waals surface area contributed by atoms with E-state index in [0.29, 0.717) is 60.9 Å². The van der Waals surface area contributed by atoms with E-state index in [0.717, 1.165) is 4.57 Å². The van der Waals surface area contributed by atoms with Gasteiger partial charge in [-0.15, -0.1) is 0 Å². The summed E-state index contributed by atoms with van der Waals surface area (Å²) in [5.41, 5.74) is 2.06. The van der Waals surface area contributed by atoms with E-state index in [1.54, 1.807) is 42.7 Å². The predicted octanol–water partition coefficient (Wildman–Crippen LogP) is 2.88. The van der Waals surface area contributed by atoms with Crippen molar-refractivity contribution in [2.75, 3.05) is 29.9 Å². The van der Waals surface area contributed by atoms with Crippen LogP contribution in [0.15, 0.2) is 64.2 Å². The van der Waals surface area contributed by atoms with E-state index < -0.39 is 11.7 Å². The molecule has 1 amide bonds. The van der Waals surface area contributed by atoms with Gasteiger partial charge in [-0.05, 0) is 63.1 Å². The van der Waals surface area contributed by atoms with Crippen LogP contribution in [0.3, 0.4) is 0 Å². The van der Waals surface area contributed by atoms with Crippen molar-refractivity contribution in [1.82, 2.24) is 9.13 Å². The highest BCUT2D eigenvalue weighted by Crippen LogP contribution is 2.25. The number of esters is 1. The quantitative estimate of drug-likeness (QED) is 0.533. The highest BCUT2D eigenvalue weighted by molar-refractivity contribution is 5.94. The first-order valence-electron chi connectivity index (χ1n) is 12.0. The van der Waals surface area contributed by atoms with Gasteiger partial charge < -0.3 is 15.0 Å². The van der Waals surface area contributed by atoms with E-state index in [1.807, 2.05) is 35.2 Å². The monoisotopic (exact) mass is 490 g/mol. The van der Waals surface area contributed by atoms with Gasteiger partial charge in [0.2, 0.25) is 5.91 Å². The number of hydrogen-bond acceptors (Lipinski definition) is 6. The lowest BCUT2D eigenvalue weighted by Crippen LogP contribution is -2.46. The number of rotatable bonds is 6. The van der Waals surface area contributed by atoms with Crippen LogP contribution in [-0.4, -0.2) is 40.7 Å². The molecule has 2 aromatic carbocycles. The van der Waals surface area contributed by atoms with E-state index in [4.69, 9.17) is 4.74 Å². The molecule has 0 saturated carbocycles. The summed E-state index contributed by atoms with van der Waals surface area (Å²) in [6, 6.07) is 15.8. The Bertz CT molecular complexity index is 1370. The second-order valence-electron chi connectivity index (χ2n) is 8.80. The van der Waals surface area contributed by atoms with E-state index in [2.05, 4.69) is 5.32 Å². The van der Waals surface area contributed by atoms with Gasteiger partial charge in [0.15, 0.2) is 0 Å². The summed E-state index contributed by atoms with van der Waals surface area (Å²) in [4.78, 5) is 52.6. The fourth-order valence-electron chi connectivity index (χ4n) is 4.56. The molecule has 1 N–H and O–H groups in total. The zero-order valence-electron chi connectivity index (χ0n) is 20.7. The predicted molar refractivity (Wildman–Crippen MR) is 138 cm³/mol. The van der Waals surface area contributed by atoms with Gasteiger partial charge in [-0.2, -0.15) is 0 Å². The van der Waals surface area contributed by atoms with Crippen molar-refractivity contribution in [2.24, 2.45) is 13.0 Å². The fourth-order valence-corrected chi connectivity index (χ4v) is 4.56. The molecule has 9 heteroatoms. The Morgan fingerprint density at radius 1 is 1.00 bits per heavy atom. The van der Waals surface area contributed by atoms with Crippen molar-refractivity contribution >= 4 is 23.3 Å². The van der Waals surface area contributed by atoms with Gasteiger partial charge in [0.1, 0.15) is 5.69 Å². The smallest absolute Gasteiger partial charge is 0.338 e. The first-order valence-corrected chi connectivity index (χ1v) is 12.0. The van der Waals surface area contributed by atoms with Gasteiger partial charge in [0.25, 0.3) is 5.56 Å². The Labute approximate surface area is 208 Å². The van der Waals surface area contributed by atoms with Crippen molar-refractivity contribution in [2.45, 2.75) is 26.7 Å². The summed E-state index contributed by atoms with van der Waals surface area (Å²) in [6.45, 7) is 4.86. The molecule has 1 aliphatic heterocycles. The van der Waals surface area contributed by atoms with E-state index >= 15 is 0 Å². The summed E-state index contributed by atoms with van der Waals surface area (Å²) in [5.74, 6) is -0.713. The molecule has 3 aromatic rings. The number of anilines is 2. The number of aromatic nitrogens is 2. The maximum atomic E-state index is 13.1. The number of carbonyl (C=O) groups is 2. The maximum Gasteiger partial charge on any atom is 0.338 e. The Morgan fingerprint density at radius 3 is 2.25 bits per heavy atom. The molecule has 2 heterocycles. The van der Waals surface area contributed by atoms with Crippen LogP contribution in [0.5, 0.6) is 0 Å². The van der Waals surface area contributed by atoms with Crippen molar-refractivity contribution in [3.8, 4) is 5.69 Å². The number of para-hydroxylation sites is 1. The SMILES string of the molecule is CCOC(=O)c1ccc(NC(=O)C2CCN(c3c(C)n(-c4ccccc4)c(=O)n(C)c3=O)CC2)cc1. The number of amides is 1. The third-order valence-electron chi connectivity index (χ3n) is 6.52. The Balaban J connectivity index is 1.47. The first-order chi connectivity index (χ1) is 17.3. The van der Waals surface area contributed by atoms with Crippen molar-refractivity contribution in [3.05, 3.63) is 86.7 Å². The third kappa shape index (κ3) is 4.95. The zero-order chi connectivity index (χ0) is 25.8. The van der Waals surface area contributed by atoms with Crippen molar-refractivity contribution in [1.29, 1.82) is 0 Å². The molecule has 0 atom stereocenters. The van der Waals surface area contributed by atoms with Crippen LogP contribution in [-0.2, 0) is 16.6 Å². The minimum atomic E-state index is -0.400. The first kappa shape index (κ1) is 25.0. The van der Waals surface area contributed by atoms with Crippen LogP contribution < -0.4 is 21.5 Å². The van der Waals surface area contributed by atoms with Crippen molar-refractivity contribution in [3.63, 3.8) is 0 Å². The number of piperidine rings is 1. The molecule has 1 fully saturated rings. The van der Waals surface area contributed by atoms with Crippen molar-refractivity contribution < 1.29 is 14.3 Å². The summed E-state index contributed by atoms with van der Waals surface area (Å²) >= 11 is 0. The second kappa shape index (κ2) is 10.6. The minimum absolute atomic E-state index is 0.0996. The maximum absolute atomic E-state index is 13.1. The molecule has 0 spiro atoms. The minimum Gasteiger partial charge on any atom is -0.462 e. The molecule has 36 heavy (non-hydrogen) atoms. The van der Waals surface area contributed by atoms with Crippen LogP contribution in [0.2, 0.25) is 0 Å². The Hall–Kier alpha value is -4.14. The van der Waals surface area contributed by atoms with Gasteiger partial charge >= 0.3 is 11.7 Å². The van der Waals surface area contributed by atoms with E-state index in [-0.39, 0.29) is 17.4 Å². The molecular weight excluding hydrogens is 460 g/mol. The van der Waals surface area contributed by atoms with Crippen LogP contribution in [0.1, 0.15) is 35.8 Å². The second-order valence-corrected chi connectivity index (χ2v) is 8.80. The normalized spacial score (nSPS) is 13.9. The fraction of sp³-hybridized carbons (Fsp3) is 0.333. The molecule has 9 nitrogen and oxygen atoms in total. The number of nitrogens with zero attached hydrogens (tertiary/aromatic N) is 3. The molecule has 188 valence electrons. The largest absolute Gasteiger partial charge is 0.462 e. The molecule has 0 aliphatic carbocycles. The van der Waals surface area contributed by atoms with Crippen LogP contribution in [0.4, 0.5) is 11.4 Å². The molecule has 0 radical (unpaired) electrons. The molecule has 4 rings (SSSR count). The van der Waals surface area contributed by atoms with E-state index in [1.165, 1.54) is 7.05 Å². The average molecular weight is 491 g/mol. The average Bonchev–Trinajstić information content (AvgIpc) is 2.89. The number of nitrogens with one attached hydrogen (secondary N) is 1. The Morgan fingerprint density at radius 2 is 1.64 bits per heavy atom. The number of carbonyl (C=O) groups excluding carboxylic acids is 2. The van der Waals surface area contributed by atoms with Gasteiger partial charge in [-0.25, -0.2) is 9.59 Å². The number of hydrogen-bond donors (Lipinski definition) is 1. The molecular formula is C27H30N4O5. The van der Waals surface area contributed by atoms with Crippen LogP contribution in [0, 0.1) is 12.8 Å². The lowest BCUT2D eigenvalue weighted by Gasteiger charge is -2.34. The summed E-state index contributed by atoms with van der Waals surface area (Å²) < 4.78 is 7.66. The van der Waals surface area contributed by atoms with Gasteiger partial charge in [0, 0.05) is 31.7 Å². The highest BCUT2D eigenvalue weighted by Gasteiger charge is 2.29. The lowest BCUT2D eigenvalue weighted by molar-refractivity contribution is -0.120. The van der Waals surface area contributed by atoms with Gasteiger partial charge in [-0.3, -0.25) is 18.7 Å². The van der Waals surface area contributed by atoms with Crippen LogP contribution >= 0.6 is 0 Å². The topological polar surface area (TPSA) is 103 Å². The van der Waals surface area contributed by atoms with Crippen LogP contribution in [0.25, 0.3) is 5.69 Å².